The molecule has 29 heavy (non-hydrogen) atoms. The highest BCUT2D eigenvalue weighted by Gasteiger charge is 2.34. The molecule has 4 rings (SSSR count). The summed E-state index contributed by atoms with van der Waals surface area (Å²) in [6.07, 6.45) is -1.41. The van der Waals surface area contributed by atoms with Crippen LogP contribution in [0.4, 0.5) is 19.0 Å². The second kappa shape index (κ2) is 6.96. The number of hydrogen-bond acceptors (Lipinski definition) is 5. The van der Waals surface area contributed by atoms with Crippen molar-refractivity contribution in [2.24, 2.45) is 0 Å². The molecule has 0 atom stereocenters. The van der Waals surface area contributed by atoms with E-state index in [0.717, 1.165) is 22.3 Å². The van der Waals surface area contributed by atoms with Gasteiger partial charge in [-0.15, -0.1) is 11.3 Å². The summed E-state index contributed by atoms with van der Waals surface area (Å²) in [6.45, 7) is 3.25. The SMILES string of the molecule is CC(=O)Nc1cc(-c2[nH]c3c(C)ccnc3c2-c2nc(C(F)(F)F)cs2)ccn1. The molecule has 1 amide bonds. The van der Waals surface area contributed by atoms with E-state index in [2.05, 4.69) is 25.3 Å². The third-order valence-electron chi connectivity index (χ3n) is 4.26. The molecule has 0 spiro atoms. The number of carbonyl (C=O) groups is 1. The largest absolute Gasteiger partial charge is 0.434 e. The van der Waals surface area contributed by atoms with Crippen LogP contribution in [0.3, 0.4) is 0 Å². The Hall–Kier alpha value is -3.27. The lowest BCUT2D eigenvalue weighted by atomic mass is 10.1. The van der Waals surface area contributed by atoms with Gasteiger partial charge in [0.25, 0.3) is 0 Å². The zero-order chi connectivity index (χ0) is 20.8. The number of rotatable bonds is 3. The maximum absolute atomic E-state index is 13.1. The lowest BCUT2D eigenvalue weighted by molar-refractivity contribution is -0.140. The molecule has 0 aliphatic carbocycles. The Kier molecular flexibility index (Phi) is 4.58. The van der Waals surface area contributed by atoms with E-state index >= 15 is 0 Å². The molecule has 10 heteroatoms. The molecule has 4 aromatic rings. The first kappa shape index (κ1) is 19.1. The first-order chi connectivity index (χ1) is 13.7. The van der Waals surface area contributed by atoms with Gasteiger partial charge in [0.2, 0.25) is 5.91 Å². The summed E-state index contributed by atoms with van der Waals surface area (Å²) in [6, 6.07) is 5.15. The number of aryl methyl sites for hydroxylation is 1. The van der Waals surface area contributed by atoms with Crippen molar-refractivity contribution in [3.05, 3.63) is 47.2 Å². The summed E-state index contributed by atoms with van der Waals surface area (Å²) in [5, 5.41) is 3.79. The lowest BCUT2D eigenvalue weighted by Crippen LogP contribution is -2.07. The Bertz CT molecular complexity index is 1230. The van der Waals surface area contributed by atoms with Gasteiger partial charge in [0.05, 0.1) is 22.3 Å². The van der Waals surface area contributed by atoms with Gasteiger partial charge < -0.3 is 10.3 Å². The van der Waals surface area contributed by atoms with E-state index in [-0.39, 0.29) is 10.9 Å². The molecule has 0 aliphatic rings. The molecular formula is C19H14F3N5OS. The van der Waals surface area contributed by atoms with Gasteiger partial charge in [0.1, 0.15) is 10.8 Å². The second-order valence-electron chi connectivity index (χ2n) is 6.37. The number of fused-ring (bicyclic) bond motifs is 1. The van der Waals surface area contributed by atoms with Gasteiger partial charge in [-0.25, -0.2) is 9.97 Å². The maximum Gasteiger partial charge on any atom is 0.434 e. The van der Waals surface area contributed by atoms with Gasteiger partial charge in [-0.3, -0.25) is 9.78 Å². The van der Waals surface area contributed by atoms with Crippen molar-refractivity contribution in [1.82, 2.24) is 19.9 Å². The van der Waals surface area contributed by atoms with Crippen molar-refractivity contribution in [1.29, 1.82) is 0 Å². The van der Waals surface area contributed by atoms with Gasteiger partial charge in [-0.05, 0) is 30.7 Å². The number of hydrogen-bond donors (Lipinski definition) is 2. The number of halogens is 3. The number of anilines is 1. The third kappa shape index (κ3) is 3.58. The molecule has 0 unspecified atom stereocenters. The van der Waals surface area contributed by atoms with Crippen LogP contribution in [0, 0.1) is 6.92 Å². The highest BCUT2D eigenvalue weighted by molar-refractivity contribution is 7.13. The molecule has 4 heterocycles. The average Bonchev–Trinajstić information content (AvgIpc) is 3.26. The minimum atomic E-state index is -4.53. The van der Waals surface area contributed by atoms with Crippen LogP contribution in [0.15, 0.2) is 36.0 Å². The number of aromatic amines is 1. The summed E-state index contributed by atoms with van der Waals surface area (Å²) < 4.78 is 39.3. The van der Waals surface area contributed by atoms with Gasteiger partial charge >= 0.3 is 6.18 Å². The van der Waals surface area contributed by atoms with E-state index in [0.29, 0.717) is 33.7 Å². The summed E-state index contributed by atoms with van der Waals surface area (Å²) in [5.74, 6) is 0.0539. The number of carbonyl (C=O) groups excluding carboxylic acids is 1. The zero-order valence-electron chi connectivity index (χ0n) is 15.3. The highest BCUT2D eigenvalue weighted by atomic mass is 32.1. The fourth-order valence-electron chi connectivity index (χ4n) is 2.99. The minimum Gasteiger partial charge on any atom is -0.352 e. The van der Waals surface area contributed by atoms with Crippen LogP contribution in [-0.4, -0.2) is 25.8 Å². The Balaban J connectivity index is 1.95. The van der Waals surface area contributed by atoms with Crippen molar-refractivity contribution in [2.75, 3.05) is 5.32 Å². The molecule has 148 valence electrons. The average molecular weight is 417 g/mol. The predicted molar refractivity (Wildman–Crippen MR) is 104 cm³/mol. The zero-order valence-corrected chi connectivity index (χ0v) is 16.1. The van der Waals surface area contributed by atoms with Crippen LogP contribution in [0.5, 0.6) is 0 Å². The van der Waals surface area contributed by atoms with Gasteiger partial charge in [0, 0.05) is 30.3 Å². The van der Waals surface area contributed by atoms with Crippen molar-refractivity contribution in [3.8, 4) is 21.8 Å². The number of alkyl halides is 3. The summed E-state index contributed by atoms with van der Waals surface area (Å²) in [4.78, 5) is 26.9. The third-order valence-corrected chi connectivity index (χ3v) is 5.12. The quantitative estimate of drug-likeness (QED) is 0.490. The molecular weight excluding hydrogens is 403 g/mol. The molecule has 0 aromatic carbocycles. The highest BCUT2D eigenvalue weighted by Crippen LogP contribution is 2.41. The molecule has 6 nitrogen and oxygen atoms in total. The monoisotopic (exact) mass is 417 g/mol. The van der Waals surface area contributed by atoms with Gasteiger partial charge in [-0.2, -0.15) is 13.2 Å². The Morgan fingerprint density at radius 2 is 1.97 bits per heavy atom. The van der Waals surface area contributed by atoms with Crippen LogP contribution in [-0.2, 0) is 11.0 Å². The molecule has 4 aromatic heterocycles. The van der Waals surface area contributed by atoms with Crippen LogP contribution in [0.2, 0.25) is 0 Å². The van der Waals surface area contributed by atoms with E-state index in [1.165, 1.54) is 13.1 Å². The van der Waals surface area contributed by atoms with Crippen LogP contribution in [0.1, 0.15) is 18.2 Å². The summed E-state index contributed by atoms with van der Waals surface area (Å²) >= 11 is 0.902. The normalized spacial score (nSPS) is 11.8. The molecule has 2 N–H and O–H groups in total. The molecule has 0 saturated heterocycles. The molecule has 0 radical (unpaired) electrons. The number of nitrogens with one attached hydrogen (secondary N) is 2. The first-order valence-electron chi connectivity index (χ1n) is 8.48. The number of pyridine rings is 2. The minimum absolute atomic E-state index is 0.203. The van der Waals surface area contributed by atoms with E-state index in [9.17, 15) is 18.0 Å². The van der Waals surface area contributed by atoms with Crippen molar-refractivity contribution >= 4 is 34.1 Å². The van der Waals surface area contributed by atoms with Gasteiger partial charge in [-0.1, -0.05) is 0 Å². The molecule has 0 fully saturated rings. The first-order valence-corrected chi connectivity index (χ1v) is 9.36. The fourth-order valence-corrected chi connectivity index (χ4v) is 3.87. The summed E-state index contributed by atoms with van der Waals surface area (Å²) in [7, 11) is 0. The fraction of sp³-hybridized carbons (Fsp3) is 0.158. The number of amides is 1. The number of nitrogens with zero attached hydrogens (tertiary/aromatic N) is 3. The van der Waals surface area contributed by atoms with E-state index < -0.39 is 11.9 Å². The molecule has 0 saturated carbocycles. The second-order valence-corrected chi connectivity index (χ2v) is 7.23. The van der Waals surface area contributed by atoms with E-state index in [4.69, 9.17) is 0 Å². The van der Waals surface area contributed by atoms with Crippen LogP contribution < -0.4 is 5.32 Å². The van der Waals surface area contributed by atoms with Crippen molar-refractivity contribution in [2.45, 2.75) is 20.0 Å². The standard InChI is InChI=1S/C19H14F3N5OS/c1-9-3-5-24-17-14(18-26-12(8-29-18)19(20,21)22)16(27-15(9)17)11-4-6-23-13(7-11)25-10(2)28/h3-8,27H,1-2H3,(H,23,25,28). The van der Waals surface area contributed by atoms with Crippen LogP contribution >= 0.6 is 11.3 Å². The Morgan fingerprint density at radius 1 is 1.21 bits per heavy atom. The number of thiazole rings is 1. The van der Waals surface area contributed by atoms with E-state index in [1.807, 2.05) is 13.0 Å². The topological polar surface area (TPSA) is 83.6 Å². The molecule has 0 bridgehead atoms. The number of H-pyrrole nitrogens is 1. The maximum atomic E-state index is 13.1. The van der Waals surface area contributed by atoms with Crippen molar-refractivity contribution in [3.63, 3.8) is 0 Å². The van der Waals surface area contributed by atoms with Crippen LogP contribution in [0.25, 0.3) is 32.9 Å². The summed E-state index contributed by atoms with van der Waals surface area (Å²) in [5.41, 5.74) is 2.86. The number of aromatic nitrogens is 4. The smallest absolute Gasteiger partial charge is 0.352 e. The lowest BCUT2D eigenvalue weighted by Gasteiger charge is -2.06. The van der Waals surface area contributed by atoms with Crippen molar-refractivity contribution < 1.29 is 18.0 Å². The molecule has 0 aliphatic heterocycles. The Labute approximate surface area is 166 Å². The van der Waals surface area contributed by atoms with E-state index in [1.54, 1.807) is 18.3 Å². The predicted octanol–water partition coefficient (Wildman–Crippen LogP) is 5.03. The Morgan fingerprint density at radius 3 is 2.66 bits per heavy atom. The van der Waals surface area contributed by atoms with Gasteiger partial charge in [0.15, 0.2) is 5.69 Å².